The first-order valence-electron chi connectivity index (χ1n) is 5.52. The van der Waals surface area contributed by atoms with E-state index in [9.17, 15) is 8.42 Å². The van der Waals surface area contributed by atoms with Crippen molar-refractivity contribution >= 4 is 10.0 Å². The fraction of sp³-hybridized carbons (Fsp3) is 0.417. The Hall–Kier alpha value is -0.910. The zero-order chi connectivity index (χ0) is 12.5. The van der Waals surface area contributed by atoms with E-state index < -0.39 is 10.0 Å². The number of nitrogens with zero attached hydrogens (tertiary/aromatic N) is 1. The van der Waals surface area contributed by atoms with Gasteiger partial charge < -0.3 is 4.74 Å². The van der Waals surface area contributed by atoms with E-state index in [1.54, 1.807) is 6.07 Å². The highest BCUT2D eigenvalue weighted by Gasteiger charge is 2.27. The van der Waals surface area contributed by atoms with Gasteiger partial charge in [-0.1, -0.05) is 17.7 Å². The van der Waals surface area contributed by atoms with E-state index in [-0.39, 0.29) is 0 Å². The minimum absolute atomic E-state index is 0.315. The molecular formula is C12H16NO3S. The summed E-state index contributed by atoms with van der Waals surface area (Å²) in [6.45, 7) is 6.45. The fourth-order valence-corrected chi connectivity index (χ4v) is 3.47. The molecule has 1 aliphatic rings. The first-order valence-corrected chi connectivity index (χ1v) is 6.96. The van der Waals surface area contributed by atoms with Crippen LogP contribution in [-0.4, -0.2) is 32.4 Å². The van der Waals surface area contributed by atoms with Crippen LogP contribution in [0.15, 0.2) is 23.1 Å². The average Bonchev–Trinajstić information content (AvgIpc) is 2.29. The molecule has 0 bridgehead atoms. The largest absolute Gasteiger partial charge is 0.373 e. The van der Waals surface area contributed by atoms with Crippen LogP contribution in [0.3, 0.4) is 0 Å². The van der Waals surface area contributed by atoms with E-state index in [0.717, 1.165) is 11.1 Å². The lowest BCUT2D eigenvalue weighted by atomic mass is 10.2. The van der Waals surface area contributed by atoms with Crippen molar-refractivity contribution in [2.24, 2.45) is 0 Å². The lowest BCUT2D eigenvalue weighted by Gasteiger charge is -2.26. The monoisotopic (exact) mass is 254 g/mol. The Labute approximate surface area is 102 Å². The van der Waals surface area contributed by atoms with Gasteiger partial charge in [0.2, 0.25) is 10.0 Å². The summed E-state index contributed by atoms with van der Waals surface area (Å²) >= 11 is 0. The van der Waals surface area contributed by atoms with E-state index in [4.69, 9.17) is 4.74 Å². The Morgan fingerprint density at radius 1 is 1.29 bits per heavy atom. The quantitative estimate of drug-likeness (QED) is 0.803. The van der Waals surface area contributed by atoms with Crippen LogP contribution in [0.25, 0.3) is 0 Å². The number of rotatable bonds is 2. The molecule has 0 N–H and O–H groups in total. The summed E-state index contributed by atoms with van der Waals surface area (Å²) < 4.78 is 31.2. The van der Waals surface area contributed by atoms with Gasteiger partial charge in [0.1, 0.15) is 0 Å². The highest BCUT2D eigenvalue weighted by Crippen LogP contribution is 2.22. The Morgan fingerprint density at radius 2 is 2.06 bits per heavy atom. The van der Waals surface area contributed by atoms with Crippen molar-refractivity contribution < 1.29 is 13.2 Å². The van der Waals surface area contributed by atoms with Gasteiger partial charge in [-0.3, -0.25) is 0 Å². The molecule has 17 heavy (non-hydrogen) atoms. The molecule has 1 fully saturated rings. The van der Waals surface area contributed by atoms with Crippen LogP contribution in [0.1, 0.15) is 11.1 Å². The molecule has 93 valence electrons. The molecule has 1 heterocycles. The molecule has 1 aromatic carbocycles. The van der Waals surface area contributed by atoms with Crippen LogP contribution < -0.4 is 0 Å². The summed E-state index contributed by atoms with van der Waals surface area (Å²) in [6, 6.07) is 5.39. The molecule has 0 atom stereocenters. The van der Waals surface area contributed by atoms with Gasteiger partial charge in [0, 0.05) is 13.1 Å². The number of ether oxygens (including phenoxy) is 1. The molecular weight excluding hydrogens is 238 g/mol. The summed E-state index contributed by atoms with van der Waals surface area (Å²) in [7, 11) is -3.39. The van der Waals surface area contributed by atoms with Gasteiger partial charge in [-0.15, -0.1) is 0 Å². The molecule has 5 heteroatoms. The maximum absolute atomic E-state index is 12.4. The predicted molar refractivity (Wildman–Crippen MR) is 64.9 cm³/mol. The minimum atomic E-state index is -3.39. The lowest BCUT2D eigenvalue weighted by molar-refractivity contribution is 0.127. The molecule has 1 aromatic rings. The highest BCUT2D eigenvalue weighted by molar-refractivity contribution is 7.89. The average molecular weight is 254 g/mol. The molecule has 1 radical (unpaired) electrons. The third-order valence-corrected chi connectivity index (χ3v) is 4.83. The molecule has 0 aliphatic carbocycles. The van der Waals surface area contributed by atoms with Crippen molar-refractivity contribution in [2.45, 2.75) is 18.7 Å². The SMILES string of the molecule is Cc1ccc(S(=O)(=O)N2C[CH]OCC2)c(C)c1. The minimum Gasteiger partial charge on any atom is -0.373 e. The van der Waals surface area contributed by atoms with Crippen molar-refractivity contribution in [3.8, 4) is 0 Å². The van der Waals surface area contributed by atoms with E-state index in [1.807, 2.05) is 26.0 Å². The van der Waals surface area contributed by atoms with Crippen molar-refractivity contribution in [3.63, 3.8) is 0 Å². The van der Waals surface area contributed by atoms with Crippen LogP contribution in [0.2, 0.25) is 0 Å². The second-order valence-corrected chi connectivity index (χ2v) is 6.08. The number of aryl methyl sites for hydroxylation is 2. The highest BCUT2D eigenvalue weighted by atomic mass is 32.2. The summed E-state index contributed by atoms with van der Waals surface area (Å²) in [6.07, 6.45) is 0. The smallest absolute Gasteiger partial charge is 0.243 e. The third kappa shape index (κ3) is 2.51. The second kappa shape index (κ2) is 4.76. The Bertz CT molecular complexity index is 504. The first-order chi connectivity index (χ1) is 8.01. The van der Waals surface area contributed by atoms with Gasteiger partial charge in [0.15, 0.2) is 0 Å². The lowest BCUT2D eigenvalue weighted by Crippen LogP contribution is -2.39. The van der Waals surface area contributed by atoms with Crippen LogP contribution in [0, 0.1) is 20.5 Å². The van der Waals surface area contributed by atoms with Gasteiger partial charge in [0.05, 0.1) is 18.1 Å². The summed E-state index contributed by atoms with van der Waals surface area (Å²) in [4.78, 5) is 0.387. The molecule has 0 spiro atoms. The van der Waals surface area contributed by atoms with Gasteiger partial charge in [-0.2, -0.15) is 4.31 Å². The van der Waals surface area contributed by atoms with Gasteiger partial charge in [-0.05, 0) is 25.5 Å². The van der Waals surface area contributed by atoms with E-state index in [2.05, 4.69) is 0 Å². The Balaban J connectivity index is 2.37. The molecule has 1 aliphatic heterocycles. The Kier molecular flexibility index (Phi) is 3.51. The zero-order valence-corrected chi connectivity index (χ0v) is 10.8. The molecule has 4 nitrogen and oxygen atoms in total. The zero-order valence-electron chi connectivity index (χ0n) is 10.0. The van der Waals surface area contributed by atoms with Crippen molar-refractivity contribution in [2.75, 3.05) is 19.7 Å². The maximum Gasteiger partial charge on any atom is 0.243 e. The molecule has 0 amide bonds. The fourth-order valence-electron chi connectivity index (χ4n) is 1.91. The van der Waals surface area contributed by atoms with Crippen LogP contribution in [-0.2, 0) is 14.8 Å². The Morgan fingerprint density at radius 3 is 2.65 bits per heavy atom. The van der Waals surface area contributed by atoms with Crippen molar-refractivity contribution in [1.82, 2.24) is 4.31 Å². The predicted octanol–water partition coefficient (Wildman–Crippen LogP) is 1.49. The number of sulfonamides is 1. The summed E-state index contributed by atoms with van der Waals surface area (Å²) in [5.74, 6) is 0. The van der Waals surface area contributed by atoms with E-state index >= 15 is 0 Å². The molecule has 0 unspecified atom stereocenters. The summed E-state index contributed by atoms with van der Waals surface area (Å²) in [5, 5.41) is 0. The van der Waals surface area contributed by atoms with Gasteiger partial charge >= 0.3 is 0 Å². The van der Waals surface area contributed by atoms with Crippen molar-refractivity contribution in [1.29, 1.82) is 0 Å². The first kappa shape index (κ1) is 12.5. The van der Waals surface area contributed by atoms with Crippen molar-refractivity contribution in [3.05, 3.63) is 35.9 Å². The normalized spacial score (nSPS) is 18.2. The second-order valence-electron chi connectivity index (χ2n) is 4.17. The molecule has 1 saturated heterocycles. The third-order valence-electron chi connectivity index (χ3n) is 2.80. The topological polar surface area (TPSA) is 46.6 Å². The van der Waals surface area contributed by atoms with E-state index in [1.165, 1.54) is 10.9 Å². The molecule has 2 rings (SSSR count). The van der Waals surface area contributed by atoms with Crippen LogP contribution in [0.4, 0.5) is 0 Å². The summed E-state index contributed by atoms with van der Waals surface area (Å²) in [5.41, 5.74) is 1.85. The van der Waals surface area contributed by atoms with Crippen LogP contribution >= 0.6 is 0 Å². The number of hydrogen-bond acceptors (Lipinski definition) is 3. The standard InChI is InChI=1S/C12H16NO3S/c1-10-3-4-12(11(2)9-10)17(14,15)13-5-7-16-8-6-13/h3-4,7,9H,5-6,8H2,1-2H3. The number of benzene rings is 1. The van der Waals surface area contributed by atoms with E-state index in [0.29, 0.717) is 24.6 Å². The van der Waals surface area contributed by atoms with Crippen LogP contribution in [0.5, 0.6) is 0 Å². The molecule has 0 saturated carbocycles. The number of morpholine rings is 1. The van der Waals surface area contributed by atoms with Gasteiger partial charge in [-0.25, -0.2) is 8.42 Å². The maximum atomic E-state index is 12.4. The molecule has 0 aromatic heterocycles. The number of hydrogen-bond donors (Lipinski definition) is 0. The van der Waals surface area contributed by atoms with Gasteiger partial charge in [0.25, 0.3) is 0 Å².